The van der Waals surface area contributed by atoms with Crippen molar-refractivity contribution < 1.29 is 23.9 Å². The molecule has 0 heterocycles. The van der Waals surface area contributed by atoms with Gasteiger partial charge in [-0.05, 0) is 36.1 Å². The van der Waals surface area contributed by atoms with Gasteiger partial charge in [-0.25, -0.2) is 9.59 Å². The third kappa shape index (κ3) is 6.34. The van der Waals surface area contributed by atoms with Gasteiger partial charge in [0.2, 0.25) is 5.91 Å². The summed E-state index contributed by atoms with van der Waals surface area (Å²) in [6, 6.07) is 13.4. The molecule has 0 aliphatic heterocycles. The summed E-state index contributed by atoms with van der Waals surface area (Å²) >= 11 is 0. The van der Waals surface area contributed by atoms with Crippen molar-refractivity contribution in [3.63, 3.8) is 0 Å². The molecular weight excluding hydrogens is 384 g/mol. The molecule has 0 saturated carbocycles. The maximum atomic E-state index is 12.9. The highest BCUT2D eigenvalue weighted by molar-refractivity contribution is 5.99. The van der Waals surface area contributed by atoms with Crippen molar-refractivity contribution in [3.8, 4) is 0 Å². The molecule has 30 heavy (non-hydrogen) atoms. The number of nitrogens with one attached hydrogen (secondary N) is 2. The molecule has 7 heteroatoms. The van der Waals surface area contributed by atoms with Crippen LogP contribution in [0.5, 0.6) is 0 Å². The lowest BCUT2D eigenvalue weighted by Crippen LogP contribution is -2.47. The molecule has 0 aliphatic carbocycles. The van der Waals surface area contributed by atoms with Crippen LogP contribution in [0.4, 0.5) is 10.5 Å². The molecule has 2 atom stereocenters. The second kappa shape index (κ2) is 11.0. The first-order valence-corrected chi connectivity index (χ1v) is 9.82. The zero-order chi connectivity index (χ0) is 22.1. The fourth-order valence-corrected chi connectivity index (χ4v) is 2.81. The number of rotatable bonds is 8. The largest absolute Gasteiger partial charge is 0.465 e. The molecule has 0 fully saturated rings. The molecule has 0 aromatic heterocycles. The Labute approximate surface area is 176 Å². The molecular formula is C23H28N2O5. The van der Waals surface area contributed by atoms with E-state index in [2.05, 4.69) is 10.6 Å². The molecule has 2 aromatic rings. The van der Waals surface area contributed by atoms with Crippen LogP contribution in [-0.4, -0.2) is 31.1 Å². The van der Waals surface area contributed by atoms with Gasteiger partial charge in [0.05, 0.1) is 12.7 Å². The molecule has 0 aliphatic rings. The standard InChI is InChI=1S/C23H28N2O5/c1-5-15(2)20(25-23(28)30-14-17-9-7-6-8-10-17)21(26)24-19-13-18(22(27)29-4)12-11-16(19)3/h6-13,15,20H,5,14H2,1-4H3,(H,24,26)(H,25,28)/t15-,20-/m0/s1. The highest BCUT2D eigenvalue weighted by Crippen LogP contribution is 2.19. The maximum Gasteiger partial charge on any atom is 0.408 e. The quantitative estimate of drug-likeness (QED) is 0.638. The van der Waals surface area contributed by atoms with Crippen molar-refractivity contribution in [2.24, 2.45) is 5.92 Å². The molecule has 0 bridgehead atoms. The van der Waals surface area contributed by atoms with Crippen molar-refractivity contribution in [1.29, 1.82) is 0 Å². The van der Waals surface area contributed by atoms with E-state index in [0.717, 1.165) is 11.1 Å². The van der Waals surface area contributed by atoms with Crippen LogP contribution in [0, 0.1) is 12.8 Å². The molecule has 2 amide bonds. The van der Waals surface area contributed by atoms with E-state index in [1.54, 1.807) is 18.2 Å². The Kier molecular flexibility index (Phi) is 8.41. The minimum Gasteiger partial charge on any atom is -0.465 e. The number of hydrogen-bond donors (Lipinski definition) is 2. The molecule has 0 unspecified atom stereocenters. The van der Waals surface area contributed by atoms with E-state index < -0.39 is 18.1 Å². The van der Waals surface area contributed by atoms with Crippen LogP contribution in [0.1, 0.15) is 41.8 Å². The number of alkyl carbamates (subject to hydrolysis) is 1. The van der Waals surface area contributed by atoms with Gasteiger partial charge in [0.15, 0.2) is 0 Å². The van der Waals surface area contributed by atoms with E-state index in [9.17, 15) is 14.4 Å². The highest BCUT2D eigenvalue weighted by Gasteiger charge is 2.27. The number of carbonyl (C=O) groups excluding carboxylic acids is 3. The van der Waals surface area contributed by atoms with Crippen LogP contribution in [0.3, 0.4) is 0 Å². The fraction of sp³-hybridized carbons (Fsp3) is 0.348. The van der Waals surface area contributed by atoms with Gasteiger partial charge >= 0.3 is 12.1 Å². The van der Waals surface area contributed by atoms with Gasteiger partial charge in [-0.3, -0.25) is 4.79 Å². The Balaban J connectivity index is 2.08. The Bertz CT molecular complexity index is 882. The zero-order valence-corrected chi connectivity index (χ0v) is 17.7. The van der Waals surface area contributed by atoms with Gasteiger partial charge in [-0.2, -0.15) is 0 Å². The molecule has 160 valence electrons. The molecule has 2 rings (SSSR count). The lowest BCUT2D eigenvalue weighted by atomic mass is 9.98. The summed E-state index contributed by atoms with van der Waals surface area (Å²) in [6.45, 7) is 5.74. The summed E-state index contributed by atoms with van der Waals surface area (Å²) in [4.78, 5) is 37.0. The van der Waals surface area contributed by atoms with E-state index in [4.69, 9.17) is 9.47 Å². The number of benzene rings is 2. The van der Waals surface area contributed by atoms with Crippen molar-refractivity contribution in [2.45, 2.75) is 39.8 Å². The number of methoxy groups -OCH3 is 1. The van der Waals surface area contributed by atoms with Crippen LogP contribution in [0.2, 0.25) is 0 Å². The Morgan fingerprint density at radius 3 is 2.40 bits per heavy atom. The first-order chi connectivity index (χ1) is 14.3. The number of hydrogen-bond acceptors (Lipinski definition) is 5. The van der Waals surface area contributed by atoms with Gasteiger partial charge in [0, 0.05) is 5.69 Å². The summed E-state index contributed by atoms with van der Waals surface area (Å²) in [7, 11) is 1.30. The van der Waals surface area contributed by atoms with Crippen LogP contribution >= 0.6 is 0 Å². The molecule has 0 radical (unpaired) electrons. The normalized spacial score (nSPS) is 12.4. The van der Waals surface area contributed by atoms with E-state index in [1.807, 2.05) is 51.1 Å². The minimum absolute atomic E-state index is 0.113. The lowest BCUT2D eigenvalue weighted by molar-refractivity contribution is -0.119. The number of amides is 2. The summed E-state index contributed by atoms with van der Waals surface area (Å²) in [5.74, 6) is -1.00. The summed E-state index contributed by atoms with van der Waals surface area (Å²) < 4.78 is 9.98. The van der Waals surface area contributed by atoms with E-state index >= 15 is 0 Å². The molecule has 0 spiro atoms. The molecule has 2 N–H and O–H groups in total. The molecule has 2 aromatic carbocycles. The first kappa shape index (κ1) is 22.9. The van der Waals surface area contributed by atoms with Crippen LogP contribution < -0.4 is 10.6 Å². The predicted molar refractivity (Wildman–Crippen MR) is 114 cm³/mol. The van der Waals surface area contributed by atoms with Crippen molar-refractivity contribution in [3.05, 3.63) is 65.2 Å². The SMILES string of the molecule is CC[C@H](C)[C@H](NC(=O)OCc1ccccc1)C(=O)Nc1cc(C(=O)OC)ccc1C. The van der Waals surface area contributed by atoms with Gasteiger partial charge in [0.25, 0.3) is 0 Å². The molecule has 0 saturated heterocycles. The Morgan fingerprint density at radius 1 is 1.07 bits per heavy atom. The number of ether oxygens (including phenoxy) is 2. The van der Waals surface area contributed by atoms with E-state index in [0.29, 0.717) is 17.7 Å². The number of carbonyl (C=O) groups is 3. The average Bonchev–Trinajstić information content (AvgIpc) is 2.77. The van der Waals surface area contributed by atoms with Crippen molar-refractivity contribution in [1.82, 2.24) is 5.32 Å². The third-order valence-electron chi connectivity index (χ3n) is 4.90. The van der Waals surface area contributed by atoms with E-state index in [1.165, 1.54) is 7.11 Å². The zero-order valence-electron chi connectivity index (χ0n) is 17.7. The van der Waals surface area contributed by atoms with Gasteiger partial charge in [-0.1, -0.05) is 56.7 Å². The summed E-state index contributed by atoms with van der Waals surface area (Å²) in [5.41, 5.74) is 2.45. The predicted octanol–water partition coefficient (Wildman–Crippen LogP) is 4.06. The van der Waals surface area contributed by atoms with Crippen LogP contribution in [0.15, 0.2) is 48.5 Å². The average molecular weight is 412 g/mol. The smallest absolute Gasteiger partial charge is 0.408 e. The number of anilines is 1. The highest BCUT2D eigenvalue weighted by atomic mass is 16.5. The van der Waals surface area contributed by atoms with Gasteiger partial charge in [-0.15, -0.1) is 0 Å². The molecule has 7 nitrogen and oxygen atoms in total. The number of esters is 1. The van der Waals surface area contributed by atoms with Crippen LogP contribution in [0.25, 0.3) is 0 Å². The number of aryl methyl sites for hydroxylation is 1. The lowest BCUT2D eigenvalue weighted by Gasteiger charge is -2.23. The maximum absolute atomic E-state index is 12.9. The first-order valence-electron chi connectivity index (χ1n) is 9.82. The van der Waals surface area contributed by atoms with Crippen molar-refractivity contribution >= 4 is 23.7 Å². The van der Waals surface area contributed by atoms with Crippen LogP contribution in [-0.2, 0) is 20.9 Å². The Hall–Kier alpha value is -3.35. The summed E-state index contributed by atoms with van der Waals surface area (Å²) in [6.07, 6.45) is 0.0115. The second-order valence-corrected chi connectivity index (χ2v) is 7.08. The third-order valence-corrected chi connectivity index (χ3v) is 4.90. The minimum atomic E-state index is -0.792. The van der Waals surface area contributed by atoms with Gasteiger partial charge in [0.1, 0.15) is 12.6 Å². The fourth-order valence-electron chi connectivity index (χ4n) is 2.81. The summed E-state index contributed by atoms with van der Waals surface area (Å²) in [5, 5.41) is 5.47. The van der Waals surface area contributed by atoms with E-state index in [-0.39, 0.29) is 18.4 Å². The second-order valence-electron chi connectivity index (χ2n) is 7.08. The Morgan fingerprint density at radius 2 is 1.77 bits per heavy atom. The monoisotopic (exact) mass is 412 g/mol. The van der Waals surface area contributed by atoms with Gasteiger partial charge < -0.3 is 20.1 Å². The topological polar surface area (TPSA) is 93.7 Å². The van der Waals surface area contributed by atoms with Crippen molar-refractivity contribution in [2.75, 3.05) is 12.4 Å².